The van der Waals surface area contributed by atoms with E-state index in [4.69, 9.17) is 0 Å². The number of anilines is 1. The summed E-state index contributed by atoms with van der Waals surface area (Å²) < 4.78 is 1.00. The van der Waals surface area contributed by atoms with Gasteiger partial charge in [0, 0.05) is 10.2 Å². The molecule has 6 rings (SSSR count). The highest BCUT2D eigenvalue weighted by molar-refractivity contribution is 9.10. The van der Waals surface area contributed by atoms with Gasteiger partial charge in [0.2, 0.25) is 11.8 Å². The molecular formula is C18H17BrN2O2. The maximum Gasteiger partial charge on any atom is 0.235 e. The Bertz CT molecular complexity index is 693. The van der Waals surface area contributed by atoms with Gasteiger partial charge in [0.05, 0.1) is 18.5 Å². The topological polar surface area (TPSA) is 49.4 Å². The zero-order valence-electron chi connectivity index (χ0n) is 12.5. The fourth-order valence-corrected chi connectivity index (χ4v) is 5.18. The summed E-state index contributed by atoms with van der Waals surface area (Å²) in [7, 11) is 0. The van der Waals surface area contributed by atoms with Crippen LogP contribution in [0.5, 0.6) is 0 Å². The van der Waals surface area contributed by atoms with E-state index < -0.39 is 0 Å². The predicted octanol–water partition coefficient (Wildman–Crippen LogP) is 2.87. The predicted molar refractivity (Wildman–Crippen MR) is 89.2 cm³/mol. The quantitative estimate of drug-likeness (QED) is 0.655. The van der Waals surface area contributed by atoms with Crippen molar-refractivity contribution < 1.29 is 9.59 Å². The summed E-state index contributed by atoms with van der Waals surface area (Å²) in [6, 6.07) is 7.74. The minimum atomic E-state index is -0.104. The standard InChI is InChI=1S/C18H17BrN2O2/c19-9-1-3-10(4-2-9)20-8-21-17(22)15-11-5-6-12(14-7-13(11)14)16(15)18(21)23/h1-6,11-16,20H,7-8H2/t11-,12-,13-,14-,15-,16+/m1/s1. The molecule has 1 aliphatic heterocycles. The monoisotopic (exact) mass is 372 g/mol. The lowest BCUT2D eigenvalue weighted by atomic mass is 9.63. The van der Waals surface area contributed by atoms with Crippen molar-refractivity contribution in [3.05, 3.63) is 40.9 Å². The van der Waals surface area contributed by atoms with Gasteiger partial charge in [-0.3, -0.25) is 14.5 Å². The second kappa shape index (κ2) is 4.69. The molecule has 0 unspecified atom stereocenters. The summed E-state index contributed by atoms with van der Waals surface area (Å²) in [5.74, 6) is 1.74. The molecule has 1 N–H and O–H groups in total. The van der Waals surface area contributed by atoms with Crippen LogP contribution in [0.1, 0.15) is 6.42 Å². The maximum atomic E-state index is 12.8. The fraction of sp³-hybridized carbons (Fsp3) is 0.444. The Morgan fingerprint density at radius 2 is 1.57 bits per heavy atom. The van der Waals surface area contributed by atoms with E-state index in [0.29, 0.717) is 23.7 Å². The summed E-state index contributed by atoms with van der Waals surface area (Å²) in [5.41, 5.74) is 0.910. The van der Waals surface area contributed by atoms with E-state index in [0.717, 1.165) is 10.2 Å². The van der Waals surface area contributed by atoms with Crippen molar-refractivity contribution in [3.8, 4) is 0 Å². The van der Waals surface area contributed by atoms with Crippen LogP contribution in [-0.4, -0.2) is 23.4 Å². The summed E-state index contributed by atoms with van der Waals surface area (Å²) in [4.78, 5) is 27.0. The lowest BCUT2D eigenvalue weighted by molar-refractivity contribution is -0.139. The molecule has 0 spiro atoms. The first-order chi connectivity index (χ1) is 11.1. The van der Waals surface area contributed by atoms with Crippen LogP contribution in [0.4, 0.5) is 5.69 Å². The van der Waals surface area contributed by atoms with E-state index in [1.165, 1.54) is 11.3 Å². The van der Waals surface area contributed by atoms with Crippen LogP contribution in [0.15, 0.2) is 40.9 Å². The molecule has 0 aromatic heterocycles. The molecular weight excluding hydrogens is 356 g/mol. The molecule has 2 saturated carbocycles. The summed E-state index contributed by atoms with van der Waals surface area (Å²) in [5, 5.41) is 3.20. The first-order valence-corrected chi connectivity index (χ1v) is 8.97. The molecule has 5 heteroatoms. The average Bonchev–Trinajstić information content (AvgIpc) is 3.33. The molecule has 2 bridgehead atoms. The van der Waals surface area contributed by atoms with Gasteiger partial charge >= 0.3 is 0 Å². The second-order valence-corrected chi connectivity index (χ2v) is 8.02. The third kappa shape index (κ3) is 1.89. The number of hydrogen-bond acceptors (Lipinski definition) is 3. The highest BCUT2D eigenvalue weighted by Crippen LogP contribution is 2.65. The number of nitrogens with zero attached hydrogens (tertiary/aromatic N) is 1. The molecule has 5 aliphatic rings. The minimum absolute atomic E-state index is 0.0225. The summed E-state index contributed by atoms with van der Waals surface area (Å²) in [6.45, 7) is 0.265. The maximum absolute atomic E-state index is 12.8. The van der Waals surface area contributed by atoms with Crippen molar-refractivity contribution in [3.63, 3.8) is 0 Å². The highest BCUT2D eigenvalue weighted by Gasteiger charge is 2.66. The van der Waals surface area contributed by atoms with Crippen molar-refractivity contribution in [1.29, 1.82) is 0 Å². The number of carbonyl (C=O) groups excluding carboxylic acids is 2. The van der Waals surface area contributed by atoms with Crippen molar-refractivity contribution in [2.24, 2.45) is 35.5 Å². The van der Waals surface area contributed by atoms with Gasteiger partial charge in [-0.05, 0) is 54.4 Å². The molecule has 3 fully saturated rings. The van der Waals surface area contributed by atoms with Gasteiger partial charge in [-0.15, -0.1) is 0 Å². The number of imide groups is 1. The highest BCUT2D eigenvalue weighted by atomic mass is 79.9. The molecule has 23 heavy (non-hydrogen) atoms. The van der Waals surface area contributed by atoms with Crippen LogP contribution in [0.25, 0.3) is 0 Å². The first kappa shape index (κ1) is 13.8. The van der Waals surface area contributed by atoms with E-state index in [1.54, 1.807) is 0 Å². The number of allylic oxidation sites excluding steroid dienone is 2. The SMILES string of the molecule is O=C1[C@@H]2[C@@H]3C=C[C@H]([C@H]4C[C@H]34)[C@@H]2C(=O)N1CNc1ccc(Br)cc1. The number of nitrogens with one attached hydrogen (secondary N) is 1. The average molecular weight is 373 g/mol. The van der Waals surface area contributed by atoms with Gasteiger partial charge in [0.15, 0.2) is 0 Å². The Labute approximate surface area is 143 Å². The second-order valence-electron chi connectivity index (χ2n) is 7.10. The number of hydrogen-bond donors (Lipinski definition) is 1. The number of halogens is 1. The van der Waals surface area contributed by atoms with Crippen molar-refractivity contribution in [2.45, 2.75) is 6.42 Å². The van der Waals surface area contributed by atoms with Gasteiger partial charge < -0.3 is 5.32 Å². The van der Waals surface area contributed by atoms with E-state index in [1.807, 2.05) is 24.3 Å². The lowest BCUT2D eigenvalue weighted by Gasteiger charge is -2.37. The molecule has 0 radical (unpaired) electrons. The number of benzene rings is 1. The number of amides is 2. The van der Waals surface area contributed by atoms with Gasteiger partial charge in [0.25, 0.3) is 0 Å². The number of carbonyl (C=O) groups is 2. The Hall–Kier alpha value is -1.62. The molecule has 1 saturated heterocycles. The Kier molecular flexibility index (Phi) is 2.81. The van der Waals surface area contributed by atoms with Crippen LogP contribution < -0.4 is 5.32 Å². The van der Waals surface area contributed by atoms with Gasteiger partial charge in [-0.25, -0.2) is 0 Å². The minimum Gasteiger partial charge on any atom is -0.367 e. The lowest BCUT2D eigenvalue weighted by Crippen LogP contribution is -2.40. The van der Waals surface area contributed by atoms with Crippen LogP contribution >= 0.6 is 15.9 Å². The summed E-state index contributed by atoms with van der Waals surface area (Å²) >= 11 is 3.40. The van der Waals surface area contributed by atoms with Crippen molar-refractivity contribution >= 4 is 33.4 Å². The number of likely N-dealkylation sites (tertiary alicyclic amines) is 1. The molecule has 118 valence electrons. The van der Waals surface area contributed by atoms with E-state index in [-0.39, 0.29) is 30.3 Å². The van der Waals surface area contributed by atoms with Crippen LogP contribution in [0, 0.1) is 35.5 Å². The molecule has 4 nitrogen and oxygen atoms in total. The van der Waals surface area contributed by atoms with E-state index >= 15 is 0 Å². The molecule has 1 heterocycles. The Morgan fingerprint density at radius 3 is 2.13 bits per heavy atom. The molecule has 2 amide bonds. The first-order valence-electron chi connectivity index (χ1n) is 8.18. The zero-order chi connectivity index (χ0) is 15.7. The number of rotatable bonds is 3. The zero-order valence-corrected chi connectivity index (χ0v) is 14.1. The Balaban J connectivity index is 1.36. The van der Waals surface area contributed by atoms with Crippen molar-refractivity contribution in [1.82, 2.24) is 4.90 Å². The van der Waals surface area contributed by atoms with Crippen LogP contribution in [0.3, 0.4) is 0 Å². The van der Waals surface area contributed by atoms with Gasteiger partial charge in [0.1, 0.15) is 0 Å². The molecule has 1 aromatic rings. The Morgan fingerprint density at radius 1 is 1.00 bits per heavy atom. The van der Waals surface area contributed by atoms with Gasteiger partial charge in [-0.2, -0.15) is 0 Å². The largest absolute Gasteiger partial charge is 0.367 e. The van der Waals surface area contributed by atoms with Crippen molar-refractivity contribution in [2.75, 3.05) is 12.0 Å². The van der Waals surface area contributed by atoms with E-state index in [9.17, 15) is 9.59 Å². The molecule has 4 aliphatic carbocycles. The third-order valence-electron chi connectivity index (χ3n) is 6.04. The molecule has 6 atom stereocenters. The van der Waals surface area contributed by atoms with E-state index in [2.05, 4.69) is 33.4 Å². The fourth-order valence-electron chi connectivity index (χ4n) is 4.91. The third-order valence-corrected chi connectivity index (χ3v) is 6.57. The van der Waals surface area contributed by atoms with Crippen LogP contribution in [0.2, 0.25) is 0 Å². The van der Waals surface area contributed by atoms with Crippen LogP contribution in [-0.2, 0) is 9.59 Å². The molecule has 1 aromatic carbocycles. The van der Waals surface area contributed by atoms with Gasteiger partial charge in [-0.1, -0.05) is 28.1 Å². The summed E-state index contributed by atoms with van der Waals surface area (Å²) in [6.07, 6.45) is 5.61. The normalized spacial score (nSPS) is 39.4. The smallest absolute Gasteiger partial charge is 0.235 e.